The largest absolute Gasteiger partial charge is 0.462 e. The maximum atomic E-state index is 13.5. The van der Waals surface area contributed by atoms with Gasteiger partial charge in [0.15, 0.2) is 11.5 Å². The van der Waals surface area contributed by atoms with Crippen molar-refractivity contribution in [1.82, 2.24) is 0 Å². The molecule has 0 fully saturated rings. The molecule has 0 aliphatic carbocycles. The third kappa shape index (κ3) is 4.76. The molecule has 0 amide bonds. The summed E-state index contributed by atoms with van der Waals surface area (Å²) in [5, 5.41) is 11.2. The number of ether oxygens (including phenoxy) is 3. The highest BCUT2D eigenvalue weighted by Crippen LogP contribution is 2.38. The highest BCUT2D eigenvalue weighted by Gasteiger charge is 2.22. The van der Waals surface area contributed by atoms with Crippen LogP contribution in [0.15, 0.2) is 47.4 Å². The highest BCUT2D eigenvalue weighted by molar-refractivity contribution is 7.99. The summed E-state index contributed by atoms with van der Waals surface area (Å²) in [5.41, 5.74) is -0.0136. The molecule has 2 aromatic carbocycles. The van der Waals surface area contributed by atoms with Crippen molar-refractivity contribution in [2.24, 2.45) is 0 Å². The van der Waals surface area contributed by atoms with Crippen molar-refractivity contribution in [3.8, 4) is 11.5 Å². The molecule has 0 aromatic heterocycles. The fraction of sp³-hybridized carbons (Fsp3) is 0.167. The lowest BCUT2D eigenvalue weighted by molar-refractivity contribution is -0.385. The Morgan fingerprint density at radius 2 is 2.04 bits per heavy atom. The van der Waals surface area contributed by atoms with E-state index in [1.807, 2.05) is 0 Å². The first-order chi connectivity index (χ1) is 13.0. The minimum atomic E-state index is -0.656. The Morgan fingerprint density at radius 1 is 1.30 bits per heavy atom. The maximum Gasteiger partial charge on any atom is 0.330 e. The summed E-state index contributed by atoms with van der Waals surface area (Å²) in [6, 6.07) is 8.99. The Kier molecular flexibility index (Phi) is 5.92. The van der Waals surface area contributed by atoms with Gasteiger partial charge in [0.1, 0.15) is 12.4 Å². The average Bonchev–Trinajstić information content (AvgIpc) is 3.11. The number of nitrogens with zero attached hydrogens (tertiary/aromatic N) is 1. The van der Waals surface area contributed by atoms with Crippen LogP contribution in [0.4, 0.5) is 10.1 Å². The molecular weight excluding hydrogens is 377 g/mol. The lowest BCUT2D eigenvalue weighted by Gasteiger charge is -2.04. The van der Waals surface area contributed by atoms with E-state index < -0.39 is 10.9 Å². The summed E-state index contributed by atoms with van der Waals surface area (Å²) in [6.07, 6.45) is 2.38. The van der Waals surface area contributed by atoms with Gasteiger partial charge in [-0.1, -0.05) is 12.1 Å². The van der Waals surface area contributed by atoms with Gasteiger partial charge in [-0.25, -0.2) is 9.18 Å². The highest BCUT2D eigenvalue weighted by atomic mass is 32.2. The normalized spacial score (nSPS) is 12.3. The van der Waals surface area contributed by atoms with Gasteiger partial charge in [0, 0.05) is 16.7 Å². The number of carbonyl (C=O) groups is 1. The molecular formula is C18H14FNO6S. The second kappa shape index (κ2) is 8.54. The Morgan fingerprint density at radius 3 is 2.78 bits per heavy atom. The second-order valence-corrected chi connectivity index (χ2v) is 6.44. The van der Waals surface area contributed by atoms with Gasteiger partial charge >= 0.3 is 5.97 Å². The quantitative estimate of drug-likeness (QED) is 0.177. The van der Waals surface area contributed by atoms with E-state index in [1.165, 1.54) is 36.0 Å². The third-order valence-corrected chi connectivity index (χ3v) is 4.55. The van der Waals surface area contributed by atoms with Crippen LogP contribution in [-0.4, -0.2) is 30.0 Å². The molecule has 0 saturated heterocycles. The van der Waals surface area contributed by atoms with Crippen LogP contribution in [-0.2, 0) is 9.53 Å². The smallest absolute Gasteiger partial charge is 0.330 e. The van der Waals surface area contributed by atoms with E-state index in [-0.39, 0.29) is 36.2 Å². The van der Waals surface area contributed by atoms with Gasteiger partial charge in [0.05, 0.1) is 16.6 Å². The zero-order valence-electron chi connectivity index (χ0n) is 13.9. The van der Waals surface area contributed by atoms with Crippen LogP contribution in [0.5, 0.6) is 11.5 Å². The Labute approximate surface area is 157 Å². The Balaban J connectivity index is 1.55. The van der Waals surface area contributed by atoms with Crippen LogP contribution in [0, 0.1) is 15.9 Å². The minimum Gasteiger partial charge on any atom is -0.462 e. The molecule has 27 heavy (non-hydrogen) atoms. The predicted octanol–water partition coefficient (Wildman–Crippen LogP) is 3.81. The van der Waals surface area contributed by atoms with Crippen LogP contribution in [0.3, 0.4) is 0 Å². The lowest BCUT2D eigenvalue weighted by atomic mass is 10.1. The molecule has 1 aliphatic heterocycles. The third-order valence-electron chi connectivity index (χ3n) is 3.54. The standard InChI is InChI=1S/C18H14FNO6S/c19-13-3-1-2-4-17(13)27-8-7-24-18(21)6-5-12-9-15-16(26-11-25-15)10-14(12)20(22)23/h1-6,9-10H,7-8,11H2/b6-5+. The van der Waals surface area contributed by atoms with E-state index >= 15 is 0 Å². The fourth-order valence-corrected chi connectivity index (χ4v) is 3.07. The van der Waals surface area contributed by atoms with Crippen molar-refractivity contribution in [2.75, 3.05) is 19.2 Å². The summed E-state index contributed by atoms with van der Waals surface area (Å²) in [6.45, 7) is 0.0623. The number of nitro groups is 1. The summed E-state index contributed by atoms with van der Waals surface area (Å²) < 4.78 is 28.8. The van der Waals surface area contributed by atoms with Crippen molar-refractivity contribution in [3.05, 3.63) is 64.0 Å². The van der Waals surface area contributed by atoms with Crippen LogP contribution < -0.4 is 9.47 Å². The van der Waals surface area contributed by atoms with E-state index in [0.29, 0.717) is 16.4 Å². The van der Waals surface area contributed by atoms with Crippen molar-refractivity contribution in [1.29, 1.82) is 0 Å². The van der Waals surface area contributed by atoms with Gasteiger partial charge in [-0.15, -0.1) is 11.8 Å². The number of rotatable bonds is 7. The summed E-state index contributed by atoms with van der Waals surface area (Å²) in [4.78, 5) is 22.9. The first-order valence-corrected chi connectivity index (χ1v) is 8.83. The molecule has 1 aliphatic rings. The molecule has 0 unspecified atom stereocenters. The Bertz CT molecular complexity index is 901. The number of carbonyl (C=O) groups excluding carboxylic acids is 1. The molecule has 9 heteroatoms. The molecule has 2 aromatic rings. The number of halogens is 1. The summed E-state index contributed by atoms with van der Waals surface area (Å²) >= 11 is 1.23. The fourth-order valence-electron chi connectivity index (χ4n) is 2.30. The molecule has 0 spiro atoms. The van der Waals surface area contributed by atoms with Crippen molar-refractivity contribution in [3.63, 3.8) is 0 Å². The van der Waals surface area contributed by atoms with Crippen molar-refractivity contribution < 1.29 is 28.3 Å². The van der Waals surface area contributed by atoms with Crippen LogP contribution in [0.25, 0.3) is 6.08 Å². The molecule has 0 saturated carbocycles. The van der Waals surface area contributed by atoms with E-state index in [0.717, 1.165) is 6.08 Å². The summed E-state index contributed by atoms with van der Waals surface area (Å²) in [5.74, 6) is 0.0476. The lowest BCUT2D eigenvalue weighted by Crippen LogP contribution is -2.04. The zero-order chi connectivity index (χ0) is 19.2. The van der Waals surface area contributed by atoms with Gasteiger partial charge in [-0.05, 0) is 24.3 Å². The van der Waals surface area contributed by atoms with Gasteiger partial charge in [-0.2, -0.15) is 0 Å². The molecule has 3 rings (SSSR count). The number of fused-ring (bicyclic) bond motifs is 1. The average molecular weight is 391 g/mol. The molecule has 0 N–H and O–H groups in total. The maximum absolute atomic E-state index is 13.5. The molecule has 140 valence electrons. The first-order valence-electron chi connectivity index (χ1n) is 7.85. The first kappa shape index (κ1) is 18.7. The number of esters is 1. The predicted molar refractivity (Wildman–Crippen MR) is 96.3 cm³/mol. The zero-order valence-corrected chi connectivity index (χ0v) is 14.7. The molecule has 0 radical (unpaired) electrons. The monoisotopic (exact) mass is 391 g/mol. The number of nitro benzene ring substituents is 1. The van der Waals surface area contributed by atoms with Crippen LogP contribution in [0.1, 0.15) is 5.56 Å². The van der Waals surface area contributed by atoms with Crippen molar-refractivity contribution >= 4 is 29.5 Å². The number of hydrogen-bond donors (Lipinski definition) is 0. The topological polar surface area (TPSA) is 87.9 Å². The van der Waals surface area contributed by atoms with Crippen LogP contribution in [0.2, 0.25) is 0 Å². The molecule has 0 bridgehead atoms. The molecule has 7 nitrogen and oxygen atoms in total. The van der Waals surface area contributed by atoms with E-state index in [9.17, 15) is 19.3 Å². The molecule has 0 atom stereocenters. The van der Waals surface area contributed by atoms with Gasteiger partial charge in [0.25, 0.3) is 5.69 Å². The minimum absolute atomic E-state index is 0.0125. The van der Waals surface area contributed by atoms with Gasteiger partial charge in [0.2, 0.25) is 6.79 Å². The number of thioether (sulfide) groups is 1. The van der Waals surface area contributed by atoms with Crippen molar-refractivity contribution in [2.45, 2.75) is 4.90 Å². The van der Waals surface area contributed by atoms with Gasteiger partial charge in [-0.3, -0.25) is 10.1 Å². The number of hydrogen-bond acceptors (Lipinski definition) is 7. The van der Waals surface area contributed by atoms with Gasteiger partial charge < -0.3 is 14.2 Å². The van der Waals surface area contributed by atoms with E-state index in [2.05, 4.69) is 0 Å². The SMILES string of the molecule is O=C(/C=C/c1cc2c(cc1[N+](=O)[O-])OCO2)OCCSc1ccccc1F. The second-order valence-electron chi connectivity index (χ2n) is 5.30. The van der Waals surface area contributed by atoms with Crippen LogP contribution >= 0.6 is 11.8 Å². The summed E-state index contributed by atoms with van der Waals surface area (Å²) in [7, 11) is 0. The van der Waals surface area contributed by atoms with E-state index in [1.54, 1.807) is 18.2 Å². The van der Waals surface area contributed by atoms with E-state index in [4.69, 9.17) is 14.2 Å². The number of benzene rings is 2. The molecule has 1 heterocycles. The Hall–Kier alpha value is -3.07.